The summed E-state index contributed by atoms with van der Waals surface area (Å²) in [6.45, 7) is 0. The molecule has 0 spiro atoms. The molecule has 0 bridgehead atoms. The summed E-state index contributed by atoms with van der Waals surface area (Å²) >= 11 is 3.47. The van der Waals surface area contributed by atoms with Gasteiger partial charge in [0.05, 0.1) is 24.1 Å². The first kappa shape index (κ1) is 20.2. The van der Waals surface area contributed by atoms with Crippen molar-refractivity contribution in [2.45, 2.75) is 63.1 Å². The Balaban J connectivity index is 1.52. The van der Waals surface area contributed by atoms with E-state index in [2.05, 4.69) is 42.2 Å². The van der Waals surface area contributed by atoms with Gasteiger partial charge in [-0.1, -0.05) is 15.9 Å². The number of hydrogen-bond donors (Lipinski definition) is 3. The van der Waals surface area contributed by atoms with E-state index in [4.69, 9.17) is 9.97 Å². The number of nitriles is 1. The number of aliphatic hydroxyl groups excluding tert-OH is 1. The number of nitrogens with one attached hydrogen (secondary N) is 2. The smallest absolute Gasteiger partial charge is 0.227 e. The van der Waals surface area contributed by atoms with E-state index in [0.29, 0.717) is 23.4 Å². The number of nitrogens with zero attached hydrogens (tertiary/aromatic N) is 5. The van der Waals surface area contributed by atoms with Crippen LogP contribution in [0, 0.1) is 11.3 Å². The molecule has 0 aliphatic heterocycles. The van der Waals surface area contributed by atoms with Crippen molar-refractivity contribution in [2.24, 2.45) is 0 Å². The highest BCUT2D eigenvalue weighted by atomic mass is 79.9. The van der Waals surface area contributed by atoms with E-state index in [-0.39, 0.29) is 12.1 Å². The van der Waals surface area contributed by atoms with Gasteiger partial charge in [0.1, 0.15) is 0 Å². The molecule has 0 atom stereocenters. The summed E-state index contributed by atoms with van der Waals surface area (Å²) in [6.07, 6.45) is 8.53. The van der Waals surface area contributed by atoms with Crippen LogP contribution in [0.15, 0.2) is 29.0 Å². The van der Waals surface area contributed by atoms with Crippen LogP contribution in [0.2, 0.25) is 0 Å². The summed E-state index contributed by atoms with van der Waals surface area (Å²) in [5.74, 6) is 1.18. The lowest BCUT2D eigenvalue weighted by Crippen LogP contribution is -2.29. The average Bonchev–Trinajstić information content (AvgIpc) is 3.12. The minimum Gasteiger partial charge on any atom is -0.393 e. The van der Waals surface area contributed by atoms with E-state index in [1.807, 2.05) is 12.4 Å². The number of aliphatic hydroxyl groups is 1. The highest BCUT2D eigenvalue weighted by Gasteiger charge is 2.25. The summed E-state index contributed by atoms with van der Waals surface area (Å²) in [5, 5.41) is 25.9. The first-order valence-electron chi connectivity index (χ1n) is 10.8. The van der Waals surface area contributed by atoms with Gasteiger partial charge in [-0.15, -0.1) is 0 Å². The van der Waals surface area contributed by atoms with Gasteiger partial charge in [-0.25, -0.2) is 4.98 Å². The van der Waals surface area contributed by atoms with Crippen molar-refractivity contribution >= 4 is 44.5 Å². The number of aromatic nitrogens is 4. The molecule has 2 aromatic heterocycles. The normalized spacial score (nSPS) is 21.5. The third kappa shape index (κ3) is 4.23. The molecule has 5 rings (SSSR count). The number of hydrogen-bond acceptors (Lipinski definition) is 7. The van der Waals surface area contributed by atoms with Gasteiger partial charge < -0.3 is 20.3 Å². The molecule has 2 heterocycles. The van der Waals surface area contributed by atoms with Gasteiger partial charge in [0, 0.05) is 22.2 Å². The van der Waals surface area contributed by atoms with Crippen LogP contribution in [0.1, 0.15) is 56.6 Å². The van der Waals surface area contributed by atoms with E-state index >= 15 is 0 Å². The third-order valence-electron chi connectivity index (χ3n) is 6.21. The molecule has 2 aliphatic rings. The number of imidazole rings is 1. The number of benzene rings is 1. The second-order valence-electron chi connectivity index (χ2n) is 8.42. The van der Waals surface area contributed by atoms with Gasteiger partial charge in [0.25, 0.3) is 0 Å². The van der Waals surface area contributed by atoms with Gasteiger partial charge >= 0.3 is 0 Å². The molecular formula is C22H24BrN7O. The number of halogens is 1. The van der Waals surface area contributed by atoms with Crippen molar-refractivity contribution in [1.82, 2.24) is 19.5 Å². The van der Waals surface area contributed by atoms with Gasteiger partial charge in [0.2, 0.25) is 5.95 Å². The van der Waals surface area contributed by atoms with Crippen LogP contribution in [-0.4, -0.2) is 36.8 Å². The van der Waals surface area contributed by atoms with Crippen LogP contribution in [0.3, 0.4) is 0 Å². The lowest BCUT2D eigenvalue weighted by Gasteiger charge is -2.28. The number of anilines is 3. The Kier molecular flexibility index (Phi) is 5.50. The monoisotopic (exact) mass is 481 g/mol. The Morgan fingerprint density at radius 1 is 1.10 bits per heavy atom. The zero-order valence-electron chi connectivity index (χ0n) is 17.1. The lowest BCUT2D eigenvalue weighted by molar-refractivity contribution is 0.126. The van der Waals surface area contributed by atoms with E-state index in [1.165, 1.54) is 6.42 Å². The summed E-state index contributed by atoms with van der Waals surface area (Å²) in [4.78, 5) is 14.2. The molecule has 2 fully saturated rings. The molecule has 0 saturated heterocycles. The van der Waals surface area contributed by atoms with Gasteiger partial charge in [-0.05, 0) is 63.1 Å². The predicted octanol–water partition coefficient (Wildman–Crippen LogP) is 4.64. The molecule has 0 unspecified atom stereocenters. The maximum Gasteiger partial charge on any atom is 0.227 e. The highest BCUT2D eigenvalue weighted by molar-refractivity contribution is 9.10. The lowest BCUT2D eigenvalue weighted by atomic mass is 9.93. The molecule has 0 amide bonds. The second-order valence-corrected chi connectivity index (χ2v) is 9.34. The van der Waals surface area contributed by atoms with Gasteiger partial charge in [-0.3, -0.25) is 0 Å². The summed E-state index contributed by atoms with van der Waals surface area (Å²) in [6, 6.07) is 8.33. The zero-order chi connectivity index (χ0) is 21.4. The fourth-order valence-corrected chi connectivity index (χ4v) is 4.76. The molecule has 2 saturated carbocycles. The van der Waals surface area contributed by atoms with Crippen molar-refractivity contribution in [2.75, 3.05) is 10.6 Å². The van der Waals surface area contributed by atoms with E-state index in [0.717, 1.165) is 59.8 Å². The Labute approximate surface area is 188 Å². The van der Waals surface area contributed by atoms with Crippen LogP contribution in [0.5, 0.6) is 0 Å². The molecule has 1 aromatic carbocycles. The quantitative estimate of drug-likeness (QED) is 0.486. The SMILES string of the molecule is N#Cc1cc(Br)cc(Nc2nc(NC3CCC(O)CC3)nc3c2ncn3C2CCC2)c1. The van der Waals surface area contributed by atoms with Crippen LogP contribution in [0.4, 0.5) is 17.5 Å². The maximum atomic E-state index is 9.80. The van der Waals surface area contributed by atoms with E-state index < -0.39 is 0 Å². The molecule has 3 aromatic rings. The van der Waals surface area contributed by atoms with Crippen molar-refractivity contribution in [3.8, 4) is 6.07 Å². The number of rotatable bonds is 5. The molecule has 8 nitrogen and oxygen atoms in total. The fourth-order valence-electron chi connectivity index (χ4n) is 4.27. The molecule has 2 aliphatic carbocycles. The number of fused-ring (bicyclic) bond motifs is 1. The van der Waals surface area contributed by atoms with Gasteiger partial charge in [-0.2, -0.15) is 15.2 Å². The molecule has 160 valence electrons. The van der Waals surface area contributed by atoms with Crippen molar-refractivity contribution in [1.29, 1.82) is 5.26 Å². The summed E-state index contributed by atoms with van der Waals surface area (Å²) in [5.41, 5.74) is 2.85. The first-order valence-corrected chi connectivity index (χ1v) is 11.6. The fraction of sp³-hybridized carbons (Fsp3) is 0.455. The van der Waals surface area contributed by atoms with Crippen LogP contribution in [0.25, 0.3) is 11.2 Å². The highest BCUT2D eigenvalue weighted by Crippen LogP contribution is 2.35. The largest absolute Gasteiger partial charge is 0.393 e. The van der Waals surface area contributed by atoms with Crippen molar-refractivity contribution in [3.63, 3.8) is 0 Å². The second kappa shape index (κ2) is 8.44. The standard InChI is InChI=1S/C22H24BrN7O/c23-14-8-13(11-24)9-16(10-14)26-20-19-21(30(12-25-19)17-2-1-3-17)29-22(28-20)27-15-4-6-18(31)7-5-15/h8-10,12,15,17-18,31H,1-7H2,(H2,26,27,28,29). The van der Waals surface area contributed by atoms with E-state index in [9.17, 15) is 10.4 Å². The van der Waals surface area contributed by atoms with Gasteiger partial charge in [0.15, 0.2) is 17.0 Å². The predicted molar refractivity (Wildman–Crippen MR) is 122 cm³/mol. The minimum atomic E-state index is -0.204. The molecule has 0 radical (unpaired) electrons. The average molecular weight is 482 g/mol. The summed E-state index contributed by atoms with van der Waals surface area (Å²) in [7, 11) is 0. The van der Waals surface area contributed by atoms with Crippen molar-refractivity contribution in [3.05, 3.63) is 34.6 Å². The van der Waals surface area contributed by atoms with E-state index in [1.54, 1.807) is 12.1 Å². The molecular weight excluding hydrogens is 458 g/mol. The Morgan fingerprint density at radius 3 is 2.61 bits per heavy atom. The minimum absolute atomic E-state index is 0.204. The third-order valence-corrected chi connectivity index (χ3v) is 6.67. The Hall–Kier alpha value is -2.70. The van der Waals surface area contributed by atoms with Crippen LogP contribution in [-0.2, 0) is 0 Å². The molecule has 31 heavy (non-hydrogen) atoms. The zero-order valence-corrected chi connectivity index (χ0v) is 18.6. The van der Waals surface area contributed by atoms with Crippen LogP contribution < -0.4 is 10.6 Å². The van der Waals surface area contributed by atoms with Crippen molar-refractivity contribution < 1.29 is 5.11 Å². The Morgan fingerprint density at radius 2 is 1.90 bits per heavy atom. The van der Waals surface area contributed by atoms with Crippen LogP contribution >= 0.6 is 15.9 Å². The maximum absolute atomic E-state index is 9.80. The molecule has 3 N–H and O–H groups in total. The molecule has 9 heteroatoms. The Bertz CT molecular complexity index is 1140. The summed E-state index contributed by atoms with van der Waals surface area (Å²) < 4.78 is 2.97. The first-order chi connectivity index (χ1) is 15.1. The topological polar surface area (TPSA) is 112 Å².